The van der Waals surface area contributed by atoms with Crippen molar-refractivity contribution in [3.05, 3.63) is 23.7 Å². The third-order valence-electron chi connectivity index (χ3n) is 1.69. The SMILES string of the molecule is CC(=O)c1ccc(C(C)(C)C)o1. The second kappa shape index (κ2) is 2.77. The molecule has 0 aromatic carbocycles. The Labute approximate surface area is 72.6 Å². The lowest BCUT2D eigenvalue weighted by Crippen LogP contribution is -2.09. The molecule has 0 saturated heterocycles. The summed E-state index contributed by atoms with van der Waals surface area (Å²) in [6.45, 7) is 7.66. The molecule has 66 valence electrons. The number of carbonyl (C=O) groups excluding carboxylic acids is 1. The first-order chi connectivity index (χ1) is 5.41. The van der Waals surface area contributed by atoms with Gasteiger partial charge in [0.2, 0.25) is 0 Å². The van der Waals surface area contributed by atoms with Crippen LogP contribution in [0.15, 0.2) is 16.5 Å². The zero-order valence-corrected chi connectivity index (χ0v) is 7.97. The molecule has 0 aliphatic rings. The molecule has 1 aromatic heterocycles. The van der Waals surface area contributed by atoms with Crippen molar-refractivity contribution in [2.75, 3.05) is 0 Å². The van der Waals surface area contributed by atoms with E-state index in [2.05, 4.69) is 20.8 Å². The Hall–Kier alpha value is -1.05. The predicted molar refractivity (Wildman–Crippen MR) is 47.4 cm³/mol. The van der Waals surface area contributed by atoms with Gasteiger partial charge in [-0.3, -0.25) is 4.79 Å². The number of rotatable bonds is 1. The van der Waals surface area contributed by atoms with Crippen LogP contribution in [0.1, 0.15) is 44.0 Å². The molecule has 0 fully saturated rings. The molecule has 0 spiro atoms. The molecule has 2 heteroatoms. The van der Waals surface area contributed by atoms with Gasteiger partial charge >= 0.3 is 0 Å². The molecule has 1 heterocycles. The maximum atomic E-state index is 10.9. The minimum atomic E-state index is -0.0227. The summed E-state index contributed by atoms with van der Waals surface area (Å²) in [5, 5.41) is 0. The number of hydrogen-bond acceptors (Lipinski definition) is 2. The minimum Gasteiger partial charge on any atom is -0.457 e. The average molecular weight is 166 g/mol. The van der Waals surface area contributed by atoms with Gasteiger partial charge < -0.3 is 4.42 Å². The Morgan fingerprint density at radius 1 is 1.33 bits per heavy atom. The highest BCUT2D eigenvalue weighted by molar-refractivity contribution is 5.91. The molecule has 0 saturated carbocycles. The number of hydrogen-bond donors (Lipinski definition) is 0. The third kappa shape index (κ3) is 1.76. The predicted octanol–water partition coefficient (Wildman–Crippen LogP) is 2.78. The van der Waals surface area contributed by atoms with E-state index in [4.69, 9.17) is 4.42 Å². The Balaban J connectivity index is 3.00. The Bertz CT molecular complexity index is 289. The van der Waals surface area contributed by atoms with Gasteiger partial charge in [-0.25, -0.2) is 0 Å². The Morgan fingerprint density at radius 3 is 2.17 bits per heavy atom. The maximum absolute atomic E-state index is 10.9. The zero-order valence-electron chi connectivity index (χ0n) is 7.97. The first-order valence-corrected chi connectivity index (χ1v) is 4.02. The lowest BCUT2D eigenvalue weighted by molar-refractivity contribution is 0.0984. The third-order valence-corrected chi connectivity index (χ3v) is 1.69. The molecule has 2 nitrogen and oxygen atoms in total. The van der Waals surface area contributed by atoms with Gasteiger partial charge in [0.05, 0.1) is 0 Å². The fraction of sp³-hybridized carbons (Fsp3) is 0.500. The maximum Gasteiger partial charge on any atom is 0.194 e. The topological polar surface area (TPSA) is 30.2 Å². The van der Waals surface area contributed by atoms with E-state index in [1.807, 2.05) is 6.07 Å². The number of ketones is 1. The summed E-state index contributed by atoms with van der Waals surface area (Å²) in [6, 6.07) is 3.58. The van der Waals surface area contributed by atoms with Gasteiger partial charge in [0.1, 0.15) is 5.76 Å². The van der Waals surface area contributed by atoms with Crippen LogP contribution in [0.5, 0.6) is 0 Å². The molecule has 0 N–H and O–H groups in total. The van der Waals surface area contributed by atoms with E-state index in [1.54, 1.807) is 6.07 Å². The Kier molecular flexibility index (Phi) is 2.09. The average Bonchev–Trinajstić information content (AvgIpc) is 2.30. The monoisotopic (exact) mass is 166 g/mol. The fourth-order valence-electron chi connectivity index (χ4n) is 0.930. The van der Waals surface area contributed by atoms with E-state index >= 15 is 0 Å². The molecule has 0 unspecified atom stereocenters. The van der Waals surface area contributed by atoms with Crippen molar-refractivity contribution >= 4 is 5.78 Å². The number of Topliss-reactive ketones (excluding diaryl/α,β-unsaturated/α-hetero) is 1. The van der Waals surface area contributed by atoms with Crippen LogP contribution in [-0.4, -0.2) is 5.78 Å². The molecule has 12 heavy (non-hydrogen) atoms. The van der Waals surface area contributed by atoms with E-state index in [9.17, 15) is 4.79 Å². The van der Waals surface area contributed by atoms with Crippen molar-refractivity contribution in [3.63, 3.8) is 0 Å². The highest BCUT2D eigenvalue weighted by atomic mass is 16.3. The molecule has 0 amide bonds. The second-order valence-electron chi connectivity index (χ2n) is 3.97. The summed E-state index contributed by atoms with van der Waals surface area (Å²) < 4.78 is 5.36. The van der Waals surface area contributed by atoms with E-state index in [0.717, 1.165) is 5.76 Å². The summed E-state index contributed by atoms with van der Waals surface area (Å²) in [5.41, 5.74) is -0.0201. The van der Waals surface area contributed by atoms with Crippen LogP contribution in [0.2, 0.25) is 0 Å². The van der Waals surface area contributed by atoms with Gasteiger partial charge in [-0.05, 0) is 12.1 Å². The van der Waals surface area contributed by atoms with Gasteiger partial charge in [-0.2, -0.15) is 0 Å². The van der Waals surface area contributed by atoms with Crippen LogP contribution in [0, 0.1) is 0 Å². The molecule has 0 radical (unpaired) electrons. The summed E-state index contributed by atoms with van der Waals surface area (Å²) in [6.07, 6.45) is 0. The molecule has 0 aliphatic heterocycles. The summed E-state index contributed by atoms with van der Waals surface area (Å²) in [4.78, 5) is 10.9. The van der Waals surface area contributed by atoms with Gasteiger partial charge in [0.25, 0.3) is 0 Å². The molecule has 1 aromatic rings. The van der Waals surface area contributed by atoms with Crippen LogP contribution in [0.3, 0.4) is 0 Å². The first kappa shape index (κ1) is 9.04. The normalized spacial score (nSPS) is 11.7. The molecular formula is C10H14O2. The van der Waals surface area contributed by atoms with Crippen LogP contribution < -0.4 is 0 Å². The summed E-state index contributed by atoms with van der Waals surface area (Å²) >= 11 is 0. The molecule has 0 atom stereocenters. The van der Waals surface area contributed by atoms with E-state index in [0.29, 0.717) is 5.76 Å². The van der Waals surface area contributed by atoms with Crippen molar-refractivity contribution < 1.29 is 9.21 Å². The van der Waals surface area contributed by atoms with Crippen LogP contribution in [-0.2, 0) is 5.41 Å². The number of carbonyl (C=O) groups is 1. The van der Waals surface area contributed by atoms with Crippen LogP contribution in [0.4, 0.5) is 0 Å². The van der Waals surface area contributed by atoms with Crippen molar-refractivity contribution in [1.82, 2.24) is 0 Å². The van der Waals surface area contributed by atoms with Crippen molar-refractivity contribution in [1.29, 1.82) is 0 Å². The standard InChI is InChI=1S/C10H14O2/c1-7(11)8-5-6-9(12-8)10(2,3)4/h5-6H,1-4H3. The highest BCUT2D eigenvalue weighted by Gasteiger charge is 2.18. The Morgan fingerprint density at radius 2 is 1.92 bits per heavy atom. The lowest BCUT2D eigenvalue weighted by atomic mass is 9.94. The zero-order chi connectivity index (χ0) is 9.35. The number of furan rings is 1. The molecule has 1 rings (SSSR count). The van der Waals surface area contributed by atoms with Crippen molar-refractivity contribution in [3.8, 4) is 0 Å². The van der Waals surface area contributed by atoms with Crippen LogP contribution in [0.25, 0.3) is 0 Å². The summed E-state index contributed by atoms with van der Waals surface area (Å²) in [5.74, 6) is 1.28. The summed E-state index contributed by atoms with van der Waals surface area (Å²) in [7, 11) is 0. The fourth-order valence-corrected chi connectivity index (χ4v) is 0.930. The first-order valence-electron chi connectivity index (χ1n) is 4.02. The van der Waals surface area contributed by atoms with Crippen LogP contribution >= 0.6 is 0 Å². The largest absolute Gasteiger partial charge is 0.457 e. The molecule has 0 bridgehead atoms. The minimum absolute atomic E-state index is 0.0201. The quantitative estimate of drug-likeness (QED) is 0.600. The van der Waals surface area contributed by atoms with Gasteiger partial charge in [-0.1, -0.05) is 20.8 Å². The second-order valence-corrected chi connectivity index (χ2v) is 3.97. The molecule has 0 aliphatic carbocycles. The van der Waals surface area contributed by atoms with Crippen molar-refractivity contribution in [2.24, 2.45) is 0 Å². The van der Waals surface area contributed by atoms with Gasteiger partial charge in [0.15, 0.2) is 11.5 Å². The highest BCUT2D eigenvalue weighted by Crippen LogP contribution is 2.24. The van der Waals surface area contributed by atoms with Gasteiger partial charge in [-0.15, -0.1) is 0 Å². The molecular weight excluding hydrogens is 152 g/mol. The lowest BCUT2D eigenvalue weighted by Gasteiger charge is -2.13. The van der Waals surface area contributed by atoms with E-state index < -0.39 is 0 Å². The van der Waals surface area contributed by atoms with Gasteiger partial charge in [0, 0.05) is 12.3 Å². The van der Waals surface area contributed by atoms with E-state index in [1.165, 1.54) is 6.92 Å². The van der Waals surface area contributed by atoms with E-state index in [-0.39, 0.29) is 11.2 Å². The smallest absolute Gasteiger partial charge is 0.194 e. The van der Waals surface area contributed by atoms with Crippen molar-refractivity contribution in [2.45, 2.75) is 33.1 Å².